The largest absolute Gasteiger partial charge is 0.291 e. The van der Waals surface area contributed by atoms with Crippen LogP contribution in [0, 0.1) is 6.20 Å². The van der Waals surface area contributed by atoms with Crippen molar-refractivity contribution in [1.29, 1.82) is 0 Å². The van der Waals surface area contributed by atoms with Crippen LogP contribution < -0.4 is 0 Å². The van der Waals surface area contributed by atoms with Crippen molar-refractivity contribution < 1.29 is 0 Å². The number of imidazole rings is 1. The summed E-state index contributed by atoms with van der Waals surface area (Å²) >= 11 is 0. The number of pyridine rings is 1. The Balaban J connectivity index is 2.03. The Morgan fingerprint density at radius 1 is 1.11 bits per heavy atom. The molecule has 4 rings (SSSR count). The molecule has 5 heteroatoms. The molecule has 4 aromatic rings. The van der Waals surface area contributed by atoms with E-state index in [0.29, 0.717) is 5.78 Å². The van der Waals surface area contributed by atoms with E-state index in [2.05, 4.69) is 21.3 Å². The van der Waals surface area contributed by atoms with E-state index in [4.69, 9.17) is 0 Å². The van der Waals surface area contributed by atoms with Gasteiger partial charge in [0.15, 0.2) is 0 Å². The van der Waals surface area contributed by atoms with Crippen LogP contribution in [0.1, 0.15) is 0 Å². The van der Waals surface area contributed by atoms with E-state index in [1.807, 2.05) is 45.7 Å². The minimum absolute atomic E-state index is 0.652. The molecule has 0 amide bonds. The van der Waals surface area contributed by atoms with Gasteiger partial charge >= 0.3 is 0 Å². The number of nitrogens with zero attached hydrogens (tertiary/aromatic N) is 5. The predicted octanol–water partition coefficient (Wildman–Crippen LogP) is 1.84. The molecule has 18 heavy (non-hydrogen) atoms. The van der Waals surface area contributed by atoms with Crippen molar-refractivity contribution in [2.45, 2.75) is 0 Å². The van der Waals surface area contributed by atoms with Crippen molar-refractivity contribution in [3.8, 4) is 11.1 Å². The molecule has 0 atom stereocenters. The number of hydrogen-bond acceptors (Lipinski definition) is 3. The van der Waals surface area contributed by atoms with Crippen LogP contribution in [0.15, 0.2) is 49.2 Å². The fourth-order valence-electron chi connectivity index (χ4n) is 2.08. The third-order valence-electron chi connectivity index (χ3n) is 2.92. The summed E-state index contributed by atoms with van der Waals surface area (Å²) in [5.74, 6) is 0.652. The Morgan fingerprint density at radius 2 is 2.11 bits per heavy atom. The molecule has 0 aliphatic rings. The quantitative estimate of drug-likeness (QED) is 0.505. The van der Waals surface area contributed by atoms with E-state index >= 15 is 0 Å². The molecule has 0 unspecified atom stereocenters. The standard InChI is InChI=1S/C13H8N5/c1-2-11(12-3-4-16-18(12)6-1)10-8-15-13-14-5-7-17(13)9-10/h1-7,9H. The normalized spacial score (nSPS) is 11.3. The third kappa shape index (κ3) is 1.24. The second-order valence-electron chi connectivity index (χ2n) is 3.98. The molecule has 85 valence electrons. The zero-order chi connectivity index (χ0) is 11.9. The lowest BCUT2D eigenvalue weighted by atomic mass is 10.1. The summed E-state index contributed by atoms with van der Waals surface area (Å²) in [6.07, 6.45) is 12.3. The van der Waals surface area contributed by atoms with Crippen LogP contribution in [0.2, 0.25) is 0 Å². The Hall–Kier alpha value is -2.69. The van der Waals surface area contributed by atoms with Gasteiger partial charge in [-0.15, -0.1) is 0 Å². The van der Waals surface area contributed by atoms with Crippen molar-refractivity contribution in [2.75, 3.05) is 0 Å². The van der Waals surface area contributed by atoms with E-state index in [1.54, 1.807) is 12.4 Å². The van der Waals surface area contributed by atoms with Gasteiger partial charge in [-0.05, 0) is 12.1 Å². The zero-order valence-corrected chi connectivity index (χ0v) is 9.35. The maximum Gasteiger partial charge on any atom is 0.234 e. The van der Waals surface area contributed by atoms with Gasteiger partial charge in [0.05, 0.1) is 5.52 Å². The van der Waals surface area contributed by atoms with Crippen LogP contribution in [0.5, 0.6) is 0 Å². The molecule has 0 fully saturated rings. The van der Waals surface area contributed by atoms with Gasteiger partial charge in [-0.1, -0.05) is 6.07 Å². The molecule has 0 saturated heterocycles. The second-order valence-corrected chi connectivity index (χ2v) is 3.98. The lowest BCUT2D eigenvalue weighted by molar-refractivity contribution is 0.961. The summed E-state index contributed by atoms with van der Waals surface area (Å²) in [4.78, 5) is 8.31. The molecular formula is C13H8N5. The number of rotatable bonds is 1. The molecule has 4 aromatic heterocycles. The first kappa shape index (κ1) is 9.35. The minimum Gasteiger partial charge on any atom is -0.291 e. The van der Waals surface area contributed by atoms with E-state index in [-0.39, 0.29) is 0 Å². The predicted molar refractivity (Wildman–Crippen MR) is 66.0 cm³/mol. The Kier molecular flexibility index (Phi) is 1.77. The molecule has 0 spiro atoms. The first-order chi connectivity index (χ1) is 8.92. The summed E-state index contributed by atoms with van der Waals surface area (Å²) in [6.45, 7) is 0. The fourth-order valence-corrected chi connectivity index (χ4v) is 2.08. The highest BCUT2D eigenvalue weighted by Crippen LogP contribution is 2.23. The molecule has 0 aliphatic heterocycles. The van der Waals surface area contributed by atoms with Gasteiger partial charge in [0.1, 0.15) is 6.20 Å². The highest BCUT2D eigenvalue weighted by atomic mass is 15.2. The summed E-state index contributed by atoms with van der Waals surface area (Å²) in [6, 6.07) is 5.97. The Bertz CT molecular complexity index is 842. The minimum atomic E-state index is 0.652. The maximum absolute atomic E-state index is 4.22. The number of hydrogen-bond donors (Lipinski definition) is 0. The summed E-state index contributed by atoms with van der Waals surface area (Å²) in [5, 5.41) is 4.22. The van der Waals surface area contributed by atoms with Gasteiger partial charge in [0, 0.05) is 42.1 Å². The zero-order valence-electron chi connectivity index (χ0n) is 9.35. The average Bonchev–Trinajstić information content (AvgIpc) is 3.05. The fraction of sp³-hybridized carbons (Fsp3) is 0. The first-order valence-electron chi connectivity index (χ1n) is 5.56. The SMILES string of the molecule is [c]1nc2nccn2cc1-c1cccn2nccc12. The third-order valence-corrected chi connectivity index (χ3v) is 2.92. The van der Waals surface area contributed by atoms with Crippen LogP contribution in [-0.2, 0) is 0 Å². The van der Waals surface area contributed by atoms with Crippen molar-refractivity contribution in [3.63, 3.8) is 0 Å². The average molecular weight is 234 g/mol. The molecule has 1 radical (unpaired) electrons. The summed E-state index contributed by atoms with van der Waals surface area (Å²) in [7, 11) is 0. The van der Waals surface area contributed by atoms with Crippen molar-refractivity contribution in [3.05, 3.63) is 55.4 Å². The summed E-state index contributed by atoms with van der Waals surface area (Å²) < 4.78 is 3.72. The molecule has 0 N–H and O–H groups in total. The smallest absolute Gasteiger partial charge is 0.234 e. The molecular weight excluding hydrogens is 226 g/mol. The van der Waals surface area contributed by atoms with Crippen molar-refractivity contribution >= 4 is 11.3 Å². The topological polar surface area (TPSA) is 47.5 Å². The highest BCUT2D eigenvalue weighted by molar-refractivity contribution is 5.79. The number of fused-ring (bicyclic) bond motifs is 2. The summed E-state index contributed by atoms with van der Waals surface area (Å²) in [5.41, 5.74) is 3.01. The monoisotopic (exact) mass is 234 g/mol. The number of aromatic nitrogens is 5. The molecule has 0 aliphatic carbocycles. The molecule has 5 nitrogen and oxygen atoms in total. The second kappa shape index (κ2) is 3.40. The van der Waals surface area contributed by atoms with Crippen LogP contribution in [0.4, 0.5) is 0 Å². The van der Waals surface area contributed by atoms with E-state index < -0.39 is 0 Å². The van der Waals surface area contributed by atoms with Crippen LogP contribution in [-0.4, -0.2) is 24.0 Å². The Labute approximate surface area is 102 Å². The highest BCUT2D eigenvalue weighted by Gasteiger charge is 2.06. The van der Waals surface area contributed by atoms with Gasteiger partial charge in [0.25, 0.3) is 0 Å². The van der Waals surface area contributed by atoms with Crippen molar-refractivity contribution in [1.82, 2.24) is 24.0 Å². The first-order valence-corrected chi connectivity index (χ1v) is 5.56. The van der Waals surface area contributed by atoms with Gasteiger partial charge in [0.2, 0.25) is 5.78 Å². The van der Waals surface area contributed by atoms with E-state index in [1.165, 1.54) is 0 Å². The molecule has 0 aromatic carbocycles. The lowest BCUT2D eigenvalue weighted by Gasteiger charge is -2.03. The van der Waals surface area contributed by atoms with Gasteiger partial charge in [-0.25, -0.2) is 14.5 Å². The van der Waals surface area contributed by atoms with E-state index in [9.17, 15) is 0 Å². The molecule has 0 saturated carbocycles. The van der Waals surface area contributed by atoms with Crippen LogP contribution in [0.3, 0.4) is 0 Å². The van der Waals surface area contributed by atoms with Crippen LogP contribution in [0.25, 0.3) is 22.4 Å². The van der Waals surface area contributed by atoms with Crippen molar-refractivity contribution in [2.24, 2.45) is 0 Å². The Morgan fingerprint density at radius 3 is 3.11 bits per heavy atom. The molecule has 0 bridgehead atoms. The van der Waals surface area contributed by atoms with Crippen LogP contribution >= 0.6 is 0 Å². The maximum atomic E-state index is 4.22. The van der Waals surface area contributed by atoms with Gasteiger partial charge < -0.3 is 0 Å². The van der Waals surface area contributed by atoms with E-state index in [0.717, 1.165) is 16.6 Å². The lowest BCUT2D eigenvalue weighted by Crippen LogP contribution is -1.93. The molecule has 4 heterocycles. The van der Waals surface area contributed by atoms with Gasteiger partial charge in [-0.3, -0.25) is 4.40 Å². The van der Waals surface area contributed by atoms with Gasteiger partial charge in [-0.2, -0.15) is 5.10 Å².